The summed E-state index contributed by atoms with van der Waals surface area (Å²) in [6, 6.07) is 3.49. The van der Waals surface area contributed by atoms with E-state index in [9.17, 15) is 4.79 Å². The van der Waals surface area contributed by atoms with Gasteiger partial charge in [-0.1, -0.05) is 13.3 Å². The van der Waals surface area contributed by atoms with Crippen molar-refractivity contribution in [2.45, 2.75) is 26.2 Å². The van der Waals surface area contributed by atoms with Gasteiger partial charge in [0.2, 0.25) is 0 Å². The Hall–Kier alpha value is -1.75. The van der Waals surface area contributed by atoms with Crippen molar-refractivity contribution < 1.29 is 14.3 Å². The molecule has 2 aromatic rings. The lowest BCUT2D eigenvalue weighted by Gasteiger charge is -2.15. The van der Waals surface area contributed by atoms with Crippen LogP contribution in [0, 0.1) is 5.92 Å². The van der Waals surface area contributed by atoms with E-state index < -0.39 is 0 Å². The minimum Gasteiger partial charge on any atom is -0.463 e. The van der Waals surface area contributed by atoms with E-state index in [0.717, 1.165) is 24.8 Å². The van der Waals surface area contributed by atoms with Gasteiger partial charge in [-0.25, -0.2) is 0 Å². The second-order valence-electron chi connectivity index (χ2n) is 4.76. The molecule has 0 aliphatic heterocycles. The molecule has 0 fully saturated rings. The minimum absolute atomic E-state index is 0.134. The average molecular weight is 264 g/mol. The summed E-state index contributed by atoms with van der Waals surface area (Å²) in [6.45, 7) is 2.86. The fourth-order valence-corrected chi connectivity index (χ4v) is 2.24. The zero-order chi connectivity index (χ0) is 13.7. The highest BCUT2D eigenvalue weighted by Gasteiger charge is 2.13. The number of carbonyl (C=O) groups is 1. The number of hydrogen-bond donors (Lipinski definition) is 3. The molecule has 0 spiro atoms. The molecular formula is C14H20N2O3. The monoisotopic (exact) mass is 264 g/mol. The number of aromatic amines is 1. The molecule has 104 valence electrons. The molecule has 1 unspecified atom stereocenters. The lowest BCUT2D eigenvalue weighted by Crippen LogP contribution is -2.30. The second-order valence-corrected chi connectivity index (χ2v) is 4.76. The molecule has 1 amide bonds. The molecule has 3 N–H and O–H groups in total. The number of aliphatic hydroxyl groups is 1. The van der Waals surface area contributed by atoms with Gasteiger partial charge in [-0.15, -0.1) is 0 Å². The van der Waals surface area contributed by atoms with E-state index in [0.29, 0.717) is 23.7 Å². The van der Waals surface area contributed by atoms with Gasteiger partial charge in [-0.3, -0.25) is 4.79 Å². The van der Waals surface area contributed by atoms with Crippen LogP contribution in [0.25, 0.3) is 11.1 Å². The second kappa shape index (κ2) is 6.43. The van der Waals surface area contributed by atoms with E-state index in [2.05, 4.69) is 17.2 Å². The van der Waals surface area contributed by atoms with Gasteiger partial charge in [0.15, 0.2) is 5.58 Å². The topological polar surface area (TPSA) is 78.3 Å². The van der Waals surface area contributed by atoms with Crippen molar-refractivity contribution in [3.05, 3.63) is 24.1 Å². The number of aliphatic hydroxyl groups excluding tert-OH is 1. The van der Waals surface area contributed by atoms with Crippen LogP contribution in [0.4, 0.5) is 0 Å². The lowest BCUT2D eigenvalue weighted by molar-refractivity contribution is 0.0938. The first-order valence-corrected chi connectivity index (χ1v) is 6.69. The molecule has 19 heavy (non-hydrogen) atoms. The first kappa shape index (κ1) is 13.7. The molecule has 0 aliphatic carbocycles. The van der Waals surface area contributed by atoms with E-state index >= 15 is 0 Å². The van der Waals surface area contributed by atoms with Crippen LogP contribution in [0.2, 0.25) is 0 Å². The van der Waals surface area contributed by atoms with Crippen LogP contribution >= 0.6 is 0 Å². The molecule has 0 aromatic carbocycles. The zero-order valence-electron chi connectivity index (χ0n) is 11.1. The Morgan fingerprint density at radius 1 is 1.53 bits per heavy atom. The molecule has 2 heterocycles. The third-order valence-corrected chi connectivity index (χ3v) is 3.27. The van der Waals surface area contributed by atoms with Crippen LogP contribution in [0.1, 0.15) is 36.7 Å². The predicted molar refractivity (Wildman–Crippen MR) is 73.0 cm³/mol. The van der Waals surface area contributed by atoms with Gasteiger partial charge in [0, 0.05) is 25.3 Å². The van der Waals surface area contributed by atoms with Crippen molar-refractivity contribution in [2.24, 2.45) is 5.92 Å². The SMILES string of the molecule is CCCC(CCO)CNC(=O)c1cc2occc2[nH]1. The van der Waals surface area contributed by atoms with Crippen molar-refractivity contribution in [2.75, 3.05) is 13.2 Å². The van der Waals surface area contributed by atoms with Crippen LogP contribution in [-0.2, 0) is 0 Å². The van der Waals surface area contributed by atoms with E-state index in [1.165, 1.54) is 0 Å². The van der Waals surface area contributed by atoms with Gasteiger partial charge in [-0.05, 0) is 18.8 Å². The van der Waals surface area contributed by atoms with Crippen LogP contribution in [0.3, 0.4) is 0 Å². The number of aromatic nitrogens is 1. The van der Waals surface area contributed by atoms with Crippen molar-refractivity contribution >= 4 is 17.0 Å². The molecule has 0 bridgehead atoms. The van der Waals surface area contributed by atoms with E-state index in [-0.39, 0.29) is 12.5 Å². The molecule has 2 aromatic heterocycles. The van der Waals surface area contributed by atoms with Gasteiger partial charge in [0.25, 0.3) is 5.91 Å². The maximum Gasteiger partial charge on any atom is 0.267 e. The van der Waals surface area contributed by atoms with Crippen LogP contribution in [0.15, 0.2) is 22.8 Å². The van der Waals surface area contributed by atoms with E-state index in [4.69, 9.17) is 9.52 Å². The summed E-state index contributed by atoms with van der Waals surface area (Å²) >= 11 is 0. The van der Waals surface area contributed by atoms with Crippen LogP contribution in [-0.4, -0.2) is 29.1 Å². The predicted octanol–water partition coefficient (Wildman–Crippen LogP) is 2.29. The number of fused-ring (bicyclic) bond motifs is 1. The summed E-state index contributed by atoms with van der Waals surface area (Å²) < 4.78 is 5.21. The largest absolute Gasteiger partial charge is 0.463 e. The van der Waals surface area contributed by atoms with E-state index in [1.807, 2.05) is 0 Å². The summed E-state index contributed by atoms with van der Waals surface area (Å²) in [4.78, 5) is 15.0. The fraction of sp³-hybridized carbons (Fsp3) is 0.500. The first-order valence-electron chi connectivity index (χ1n) is 6.69. The van der Waals surface area contributed by atoms with Gasteiger partial charge in [0.1, 0.15) is 5.69 Å². The molecule has 2 rings (SSSR count). The molecule has 5 heteroatoms. The lowest BCUT2D eigenvalue weighted by atomic mass is 10.0. The number of carbonyl (C=O) groups excluding carboxylic acids is 1. The summed E-state index contributed by atoms with van der Waals surface area (Å²) in [5.41, 5.74) is 2.02. The van der Waals surface area contributed by atoms with Crippen LogP contribution < -0.4 is 5.32 Å². The maximum atomic E-state index is 12.0. The highest BCUT2D eigenvalue weighted by molar-refractivity contribution is 5.96. The van der Waals surface area contributed by atoms with Gasteiger partial charge in [-0.2, -0.15) is 0 Å². The number of furan rings is 1. The summed E-state index contributed by atoms with van der Waals surface area (Å²) in [6.07, 6.45) is 4.37. The van der Waals surface area contributed by atoms with E-state index in [1.54, 1.807) is 18.4 Å². The Kier molecular flexibility index (Phi) is 4.63. The van der Waals surface area contributed by atoms with Crippen molar-refractivity contribution in [1.82, 2.24) is 10.3 Å². The third-order valence-electron chi connectivity index (χ3n) is 3.27. The number of nitrogens with one attached hydrogen (secondary N) is 2. The average Bonchev–Trinajstić information content (AvgIpc) is 2.96. The summed E-state index contributed by atoms with van der Waals surface area (Å²) in [5, 5.41) is 11.9. The Balaban J connectivity index is 1.91. The zero-order valence-corrected chi connectivity index (χ0v) is 11.1. The Bertz CT molecular complexity index is 495. The van der Waals surface area contributed by atoms with Crippen LogP contribution in [0.5, 0.6) is 0 Å². The fourth-order valence-electron chi connectivity index (χ4n) is 2.24. The third kappa shape index (κ3) is 3.38. The van der Waals surface area contributed by atoms with Crippen molar-refractivity contribution in [3.63, 3.8) is 0 Å². The van der Waals surface area contributed by atoms with Gasteiger partial charge < -0.3 is 19.8 Å². The molecule has 0 saturated carbocycles. The van der Waals surface area contributed by atoms with Gasteiger partial charge in [0.05, 0.1) is 11.8 Å². The Morgan fingerprint density at radius 2 is 2.37 bits per heavy atom. The molecule has 0 saturated heterocycles. The summed E-state index contributed by atoms with van der Waals surface area (Å²) in [7, 11) is 0. The first-order chi connectivity index (χ1) is 9.24. The van der Waals surface area contributed by atoms with Crippen molar-refractivity contribution in [3.8, 4) is 0 Å². The minimum atomic E-state index is -0.134. The van der Waals surface area contributed by atoms with Crippen molar-refractivity contribution in [1.29, 1.82) is 0 Å². The standard InChI is InChI=1S/C14H20N2O3/c1-2-3-10(4-6-17)9-15-14(18)12-8-13-11(16-12)5-7-19-13/h5,7-8,10,16-17H,2-4,6,9H2,1H3,(H,15,18). The quantitative estimate of drug-likeness (QED) is 0.718. The number of amides is 1. The summed E-state index contributed by atoms with van der Waals surface area (Å²) in [5.74, 6) is 0.197. The normalized spacial score (nSPS) is 12.7. The van der Waals surface area contributed by atoms with Gasteiger partial charge >= 0.3 is 0 Å². The number of H-pyrrole nitrogens is 1. The molecular weight excluding hydrogens is 244 g/mol. The maximum absolute atomic E-state index is 12.0. The molecule has 1 atom stereocenters. The Morgan fingerprint density at radius 3 is 3.05 bits per heavy atom. The highest BCUT2D eigenvalue weighted by atomic mass is 16.3. The Labute approximate surface area is 112 Å². The molecule has 0 aliphatic rings. The number of hydrogen-bond acceptors (Lipinski definition) is 3. The smallest absolute Gasteiger partial charge is 0.267 e. The highest BCUT2D eigenvalue weighted by Crippen LogP contribution is 2.16. The number of rotatable bonds is 7. The molecule has 5 nitrogen and oxygen atoms in total. The molecule has 0 radical (unpaired) electrons.